The van der Waals surface area contributed by atoms with Crippen LogP contribution in [0.25, 0.3) is 10.8 Å². The fraction of sp³-hybridized carbons (Fsp3) is 0.111. The van der Waals surface area contributed by atoms with E-state index in [1.807, 2.05) is 6.07 Å². The first-order valence-electron chi connectivity index (χ1n) is 3.79. The lowest BCUT2D eigenvalue weighted by molar-refractivity contribution is 0.402. The van der Waals surface area contributed by atoms with Gasteiger partial charge in [-0.15, -0.1) is 0 Å². The van der Waals surface area contributed by atoms with Crippen molar-refractivity contribution in [2.24, 2.45) is 0 Å². The number of pyridine rings is 2. The molecule has 0 spiro atoms. The van der Waals surface area contributed by atoms with Gasteiger partial charge >= 0.3 is 0 Å². The fourth-order valence-electron chi connectivity index (χ4n) is 1.19. The molecule has 4 nitrogen and oxygen atoms in total. The second kappa shape index (κ2) is 2.90. The number of methoxy groups -OCH3 is 1. The third kappa shape index (κ3) is 1.26. The molecule has 2 heterocycles. The van der Waals surface area contributed by atoms with Crippen LogP contribution in [0.3, 0.4) is 0 Å². The molecule has 0 amide bonds. The number of nitrogens with zero attached hydrogens (tertiary/aromatic N) is 2. The largest absolute Gasteiger partial charge is 0.493 e. The molecular formula is C9H8N2O2. The van der Waals surface area contributed by atoms with Gasteiger partial charge in [-0.2, -0.15) is 0 Å². The Kier molecular flexibility index (Phi) is 1.73. The average molecular weight is 176 g/mol. The molecule has 0 atom stereocenters. The quantitative estimate of drug-likeness (QED) is 0.712. The number of aromatic nitrogens is 2. The Hall–Kier alpha value is -1.84. The van der Waals surface area contributed by atoms with Crippen molar-refractivity contribution in [3.8, 4) is 11.8 Å². The van der Waals surface area contributed by atoms with Crippen molar-refractivity contribution in [2.75, 3.05) is 7.11 Å². The molecule has 2 rings (SSSR count). The number of rotatable bonds is 1. The molecule has 0 saturated heterocycles. The van der Waals surface area contributed by atoms with Crippen LogP contribution < -0.4 is 4.74 Å². The standard InChI is InChI=1S/C9H8N2O2/c1-13-9-7-4-8(12)11-5-6(7)2-3-10-9/h2-5H,1H3,(H,11,12). The summed E-state index contributed by atoms with van der Waals surface area (Å²) in [6.07, 6.45) is 3.22. The van der Waals surface area contributed by atoms with Gasteiger partial charge in [-0.1, -0.05) is 0 Å². The Labute approximate surface area is 74.8 Å². The zero-order chi connectivity index (χ0) is 9.26. The van der Waals surface area contributed by atoms with Crippen molar-refractivity contribution < 1.29 is 9.84 Å². The number of hydrogen-bond donors (Lipinski definition) is 1. The maximum absolute atomic E-state index is 9.16. The Morgan fingerprint density at radius 2 is 2.23 bits per heavy atom. The smallest absolute Gasteiger partial charge is 0.221 e. The van der Waals surface area contributed by atoms with Gasteiger partial charge in [-0.05, 0) is 6.07 Å². The maximum atomic E-state index is 9.16. The molecule has 0 saturated carbocycles. The predicted octanol–water partition coefficient (Wildman–Crippen LogP) is 1.34. The first-order valence-corrected chi connectivity index (χ1v) is 3.79. The minimum atomic E-state index is -0.0289. The van der Waals surface area contributed by atoms with Gasteiger partial charge in [0.25, 0.3) is 0 Å². The Morgan fingerprint density at radius 1 is 1.38 bits per heavy atom. The molecule has 1 N–H and O–H groups in total. The van der Waals surface area contributed by atoms with E-state index in [2.05, 4.69) is 9.97 Å². The molecule has 0 aromatic carbocycles. The summed E-state index contributed by atoms with van der Waals surface area (Å²) in [6, 6.07) is 3.34. The average Bonchev–Trinajstić information content (AvgIpc) is 2.17. The third-order valence-corrected chi connectivity index (χ3v) is 1.79. The van der Waals surface area contributed by atoms with E-state index < -0.39 is 0 Å². The van der Waals surface area contributed by atoms with E-state index in [1.165, 1.54) is 6.07 Å². The van der Waals surface area contributed by atoms with Crippen LogP contribution in [0.4, 0.5) is 0 Å². The van der Waals surface area contributed by atoms with Gasteiger partial charge in [0.1, 0.15) is 0 Å². The summed E-state index contributed by atoms with van der Waals surface area (Å²) in [5, 5.41) is 10.8. The van der Waals surface area contributed by atoms with E-state index in [1.54, 1.807) is 19.5 Å². The van der Waals surface area contributed by atoms with E-state index in [0.717, 1.165) is 10.8 Å². The maximum Gasteiger partial charge on any atom is 0.221 e. The van der Waals surface area contributed by atoms with Gasteiger partial charge in [-0.25, -0.2) is 9.97 Å². The normalized spacial score (nSPS) is 10.2. The number of hydrogen-bond acceptors (Lipinski definition) is 4. The van der Waals surface area contributed by atoms with Crippen molar-refractivity contribution >= 4 is 10.8 Å². The summed E-state index contributed by atoms with van der Waals surface area (Å²) < 4.78 is 5.03. The van der Waals surface area contributed by atoms with Crippen LogP contribution in [-0.4, -0.2) is 22.2 Å². The van der Waals surface area contributed by atoms with Gasteiger partial charge in [-0.3, -0.25) is 0 Å². The molecule has 0 radical (unpaired) electrons. The van der Waals surface area contributed by atoms with Gasteiger partial charge in [0.05, 0.1) is 12.5 Å². The van der Waals surface area contributed by atoms with Gasteiger partial charge in [0.15, 0.2) is 0 Å². The summed E-state index contributed by atoms with van der Waals surface area (Å²) in [5.74, 6) is 0.467. The van der Waals surface area contributed by atoms with Crippen LogP contribution in [0.2, 0.25) is 0 Å². The molecule has 13 heavy (non-hydrogen) atoms. The highest BCUT2D eigenvalue weighted by atomic mass is 16.5. The van der Waals surface area contributed by atoms with E-state index in [0.29, 0.717) is 5.88 Å². The molecule has 2 aromatic rings. The topological polar surface area (TPSA) is 55.2 Å². The second-order valence-corrected chi connectivity index (χ2v) is 2.58. The van der Waals surface area contributed by atoms with Gasteiger partial charge < -0.3 is 9.84 Å². The van der Waals surface area contributed by atoms with Crippen LogP contribution in [0, 0.1) is 0 Å². The second-order valence-electron chi connectivity index (χ2n) is 2.58. The van der Waals surface area contributed by atoms with E-state index >= 15 is 0 Å². The minimum absolute atomic E-state index is 0.0289. The van der Waals surface area contributed by atoms with Crippen molar-refractivity contribution in [3.63, 3.8) is 0 Å². The molecule has 4 heteroatoms. The molecule has 0 aliphatic carbocycles. The van der Waals surface area contributed by atoms with Crippen molar-refractivity contribution in [2.45, 2.75) is 0 Å². The Morgan fingerprint density at radius 3 is 3.00 bits per heavy atom. The molecule has 0 aliphatic heterocycles. The van der Waals surface area contributed by atoms with E-state index in [9.17, 15) is 0 Å². The first kappa shape index (κ1) is 7.79. The number of fused-ring (bicyclic) bond motifs is 1. The zero-order valence-electron chi connectivity index (χ0n) is 7.06. The monoisotopic (exact) mass is 176 g/mol. The molecular weight excluding hydrogens is 168 g/mol. The summed E-state index contributed by atoms with van der Waals surface area (Å²) in [6.45, 7) is 0. The molecule has 2 aromatic heterocycles. The van der Waals surface area contributed by atoms with Crippen molar-refractivity contribution in [1.29, 1.82) is 0 Å². The highest BCUT2D eigenvalue weighted by Gasteiger charge is 2.02. The van der Waals surface area contributed by atoms with E-state index in [-0.39, 0.29) is 5.88 Å². The summed E-state index contributed by atoms with van der Waals surface area (Å²) >= 11 is 0. The lowest BCUT2D eigenvalue weighted by Crippen LogP contribution is -1.88. The molecule has 0 fully saturated rings. The summed E-state index contributed by atoms with van der Waals surface area (Å²) in [4.78, 5) is 7.76. The lowest BCUT2D eigenvalue weighted by atomic mass is 10.2. The van der Waals surface area contributed by atoms with Crippen LogP contribution in [0.1, 0.15) is 0 Å². The van der Waals surface area contributed by atoms with Crippen LogP contribution in [0.5, 0.6) is 11.8 Å². The zero-order valence-corrected chi connectivity index (χ0v) is 7.06. The predicted molar refractivity (Wildman–Crippen MR) is 47.8 cm³/mol. The molecule has 66 valence electrons. The van der Waals surface area contributed by atoms with Crippen LogP contribution in [0.15, 0.2) is 24.5 Å². The van der Waals surface area contributed by atoms with Crippen LogP contribution >= 0.6 is 0 Å². The highest BCUT2D eigenvalue weighted by Crippen LogP contribution is 2.24. The summed E-state index contributed by atoms with van der Waals surface area (Å²) in [5.41, 5.74) is 0. The van der Waals surface area contributed by atoms with Crippen LogP contribution in [-0.2, 0) is 0 Å². The first-order chi connectivity index (χ1) is 6.31. The Balaban J connectivity index is 2.79. The molecule has 0 aliphatic rings. The number of aromatic hydroxyl groups is 1. The molecule has 0 unspecified atom stereocenters. The fourth-order valence-corrected chi connectivity index (χ4v) is 1.19. The molecule has 0 bridgehead atoms. The van der Waals surface area contributed by atoms with Crippen molar-refractivity contribution in [3.05, 3.63) is 24.5 Å². The SMILES string of the molecule is COc1nccc2cnc(O)cc12. The van der Waals surface area contributed by atoms with Gasteiger partial charge in [0, 0.05) is 23.8 Å². The van der Waals surface area contributed by atoms with E-state index in [4.69, 9.17) is 9.84 Å². The minimum Gasteiger partial charge on any atom is -0.493 e. The van der Waals surface area contributed by atoms with Gasteiger partial charge in [0.2, 0.25) is 11.8 Å². The third-order valence-electron chi connectivity index (χ3n) is 1.79. The lowest BCUT2D eigenvalue weighted by Gasteiger charge is -2.02. The van der Waals surface area contributed by atoms with Crippen molar-refractivity contribution in [1.82, 2.24) is 9.97 Å². The highest BCUT2D eigenvalue weighted by molar-refractivity contribution is 5.86. The number of ether oxygens (including phenoxy) is 1. The Bertz CT molecular complexity index is 443. The summed E-state index contributed by atoms with van der Waals surface area (Å²) in [7, 11) is 1.54.